The molecule has 5 aliphatic rings. The number of benzene rings is 1. The first kappa shape index (κ1) is 31.0. The highest BCUT2D eigenvalue weighted by atomic mass is 19.1. The van der Waals surface area contributed by atoms with E-state index in [1.54, 1.807) is 13.2 Å². The Balaban J connectivity index is 1.31. The molecule has 0 aromatic heterocycles. The number of halogens is 1. The van der Waals surface area contributed by atoms with Crippen LogP contribution in [0.4, 0.5) is 4.39 Å². The van der Waals surface area contributed by atoms with Crippen molar-refractivity contribution in [1.82, 2.24) is 4.90 Å². The number of likely N-dealkylation sites (tertiary alicyclic amines) is 1. The zero-order valence-corrected chi connectivity index (χ0v) is 26.3. The van der Waals surface area contributed by atoms with Gasteiger partial charge in [-0.25, -0.2) is 9.18 Å². The van der Waals surface area contributed by atoms with E-state index < -0.39 is 42.4 Å². The van der Waals surface area contributed by atoms with Gasteiger partial charge in [0, 0.05) is 35.2 Å². The average Bonchev–Trinajstić information content (AvgIpc) is 3.54. The fourth-order valence-electron chi connectivity index (χ4n) is 9.60. The molecule has 3 saturated carbocycles. The number of Topliss-reactive ketones (excluding diaryl/α,β-unsaturated/α-hetero) is 1. The second-order valence-corrected chi connectivity index (χ2v) is 14.5. The Labute approximate surface area is 255 Å². The number of rotatable bonds is 8. The van der Waals surface area contributed by atoms with Gasteiger partial charge < -0.3 is 28.8 Å². The van der Waals surface area contributed by atoms with E-state index in [1.807, 2.05) is 0 Å². The van der Waals surface area contributed by atoms with Gasteiger partial charge in [0.05, 0.1) is 12.7 Å². The van der Waals surface area contributed by atoms with Crippen LogP contribution in [0.3, 0.4) is 0 Å². The van der Waals surface area contributed by atoms with E-state index in [2.05, 4.69) is 32.6 Å². The van der Waals surface area contributed by atoms with Gasteiger partial charge in [-0.15, -0.1) is 0 Å². The topological polar surface area (TPSA) is 94.5 Å². The van der Waals surface area contributed by atoms with E-state index >= 15 is 4.39 Å². The SMILES string of the molecule is CO[C@@H]1CC[C@@]23CC[C@H](C)[C@@](C)([C@H](OC(=O)COc4ccc5c(c4F)B(O)OC5)C[C@@](C)(CCN4CCC4)C(=O)[C@@H]2C)[C@@H]13. The van der Waals surface area contributed by atoms with Crippen LogP contribution in [0.5, 0.6) is 5.75 Å². The third-order valence-electron chi connectivity index (χ3n) is 12.6. The number of hydrogen-bond acceptors (Lipinski definition) is 8. The zero-order chi connectivity index (χ0) is 30.7. The van der Waals surface area contributed by atoms with Crippen molar-refractivity contribution >= 4 is 24.3 Å². The van der Waals surface area contributed by atoms with Gasteiger partial charge >= 0.3 is 13.1 Å². The van der Waals surface area contributed by atoms with Gasteiger partial charge in [-0.2, -0.15) is 0 Å². The summed E-state index contributed by atoms with van der Waals surface area (Å²) in [5.41, 5.74) is -0.668. The van der Waals surface area contributed by atoms with Gasteiger partial charge in [-0.1, -0.05) is 33.8 Å². The van der Waals surface area contributed by atoms with E-state index in [0.717, 1.165) is 51.7 Å². The molecular formula is C33H47BFNO7. The highest BCUT2D eigenvalue weighted by molar-refractivity contribution is 6.61. The second kappa shape index (κ2) is 11.4. The summed E-state index contributed by atoms with van der Waals surface area (Å²) in [6, 6.07) is 3.09. The summed E-state index contributed by atoms with van der Waals surface area (Å²) < 4.78 is 38.4. The Morgan fingerprint density at radius 3 is 2.65 bits per heavy atom. The molecule has 1 aromatic carbocycles. The lowest BCUT2D eigenvalue weighted by Gasteiger charge is -2.62. The van der Waals surface area contributed by atoms with Crippen molar-refractivity contribution in [2.45, 2.75) is 91.5 Å². The summed E-state index contributed by atoms with van der Waals surface area (Å²) in [5.74, 6) is -0.960. The lowest BCUT2D eigenvalue weighted by molar-refractivity contribution is -0.208. The number of ether oxygens (including phenoxy) is 3. The number of esters is 1. The van der Waals surface area contributed by atoms with Crippen molar-refractivity contribution in [3.05, 3.63) is 23.5 Å². The molecule has 4 fully saturated rings. The second-order valence-electron chi connectivity index (χ2n) is 14.5. The molecule has 8 nitrogen and oxygen atoms in total. The summed E-state index contributed by atoms with van der Waals surface area (Å²) in [4.78, 5) is 30.5. The predicted molar refractivity (Wildman–Crippen MR) is 159 cm³/mol. The van der Waals surface area contributed by atoms with Crippen LogP contribution in [0, 0.1) is 39.8 Å². The van der Waals surface area contributed by atoms with E-state index in [-0.39, 0.29) is 52.9 Å². The highest BCUT2D eigenvalue weighted by Gasteiger charge is 2.68. The van der Waals surface area contributed by atoms with Crippen LogP contribution in [0.1, 0.15) is 78.2 Å². The minimum atomic E-state index is -1.36. The number of ketones is 1. The third-order valence-corrected chi connectivity index (χ3v) is 12.6. The molecule has 0 unspecified atom stereocenters. The van der Waals surface area contributed by atoms with Crippen LogP contribution in [-0.2, 0) is 30.3 Å². The van der Waals surface area contributed by atoms with Crippen LogP contribution in [0.15, 0.2) is 12.1 Å². The fourth-order valence-corrected chi connectivity index (χ4v) is 9.60. The first-order valence-corrected chi connectivity index (χ1v) is 16.2. The monoisotopic (exact) mass is 599 g/mol. The minimum Gasteiger partial charge on any atom is -0.479 e. The average molecular weight is 600 g/mol. The number of fused-ring (bicyclic) bond motifs is 1. The van der Waals surface area contributed by atoms with Gasteiger partial charge in [0.2, 0.25) is 0 Å². The Bertz CT molecular complexity index is 1260. The predicted octanol–water partition coefficient (Wildman–Crippen LogP) is 3.89. The summed E-state index contributed by atoms with van der Waals surface area (Å²) in [5, 5.41) is 10.0. The standard InChI is InChI=1S/C33H47BFNO7/c1-20-9-11-33-12-10-24(40-5)29(33)32(20,4)25(17-31(3,30(38)21(33)2)13-16-36-14-6-15-36)43-26(37)19-41-23-8-7-22-18-42-34(39)27(22)28(23)35/h7-8,20-21,24-25,29,39H,6,9-19H2,1-5H3/t20-,21-,24+,25+,29+,31+,32-,33-/m0/s1. The highest BCUT2D eigenvalue weighted by Crippen LogP contribution is 2.69. The van der Waals surface area contributed by atoms with E-state index in [9.17, 15) is 14.6 Å². The van der Waals surface area contributed by atoms with Crippen molar-refractivity contribution in [3.63, 3.8) is 0 Å². The third kappa shape index (κ3) is 4.95. The van der Waals surface area contributed by atoms with E-state index in [1.165, 1.54) is 12.5 Å². The molecule has 1 aromatic rings. The molecule has 236 valence electrons. The van der Waals surface area contributed by atoms with Crippen molar-refractivity contribution in [2.24, 2.45) is 34.0 Å². The smallest absolute Gasteiger partial charge is 0.479 e. The van der Waals surface area contributed by atoms with Crippen LogP contribution in [0.25, 0.3) is 0 Å². The number of carbonyl (C=O) groups excluding carboxylic acids is 2. The van der Waals surface area contributed by atoms with Crippen LogP contribution >= 0.6 is 0 Å². The van der Waals surface area contributed by atoms with Crippen molar-refractivity contribution in [1.29, 1.82) is 0 Å². The molecule has 0 spiro atoms. The molecule has 3 aliphatic carbocycles. The first-order valence-electron chi connectivity index (χ1n) is 16.2. The normalized spacial score (nSPS) is 39.0. The lowest BCUT2D eigenvalue weighted by Crippen LogP contribution is -2.63. The molecule has 8 atom stereocenters. The first-order chi connectivity index (χ1) is 20.4. The summed E-state index contributed by atoms with van der Waals surface area (Å²) >= 11 is 0. The number of nitrogens with zero attached hydrogens (tertiary/aromatic N) is 1. The molecule has 6 rings (SSSR count). The Morgan fingerprint density at radius 1 is 1.21 bits per heavy atom. The zero-order valence-electron chi connectivity index (χ0n) is 26.3. The fraction of sp³-hybridized carbons (Fsp3) is 0.758. The van der Waals surface area contributed by atoms with Crippen LogP contribution in [0.2, 0.25) is 0 Å². The van der Waals surface area contributed by atoms with Gasteiger partial charge in [0.25, 0.3) is 0 Å². The number of methoxy groups -OCH3 is 1. The van der Waals surface area contributed by atoms with E-state index in [0.29, 0.717) is 12.0 Å². The summed E-state index contributed by atoms with van der Waals surface area (Å²) in [7, 11) is 0.403. The molecule has 10 heteroatoms. The van der Waals surface area contributed by atoms with Crippen molar-refractivity contribution in [3.8, 4) is 5.75 Å². The summed E-state index contributed by atoms with van der Waals surface area (Å²) in [6.07, 6.45) is 5.57. The largest absolute Gasteiger partial charge is 0.494 e. The van der Waals surface area contributed by atoms with Crippen LogP contribution in [-0.4, -0.2) is 74.4 Å². The number of hydrogen-bond donors (Lipinski definition) is 1. The molecule has 43 heavy (non-hydrogen) atoms. The maximum absolute atomic E-state index is 15.1. The molecule has 1 saturated heterocycles. The maximum atomic E-state index is 15.1. The Morgan fingerprint density at radius 2 is 1.95 bits per heavy atom. The van der Waals surface area contributed by atoms with E-state index in [4.69, 9.17) is 18.9 Å². The Hall–Kier alpha value is -2.01. The van der Waals surface area contributed by atoms with Gasteiger partial charge in [0.15, 0.2) is 18.2 Å². The molecule has 0 amide bonds. The molecule has 2 bridgehead atoms. The van der Waals surface area contributed by atoms with Crippen molar-refractivity contribution < 1.29 is 37.9 Å². The quantitative estimate of drug-likeness (QED) is 0.356. The molecule has 2 heterocycles. The van der Waals surface area contributed by atoms with Crippen LogP contribution < -0.4 is 10.2 Å². The number of carbonyl (C=O) groups is 2. The molecular weight excluding hydrogens is 552 g/mol. The Kier molecular flexibility index (Phi) is 8.23. The van der Waals surface area contributed by atoms with Gasteiger partial charge in [-0.05, 0) is 87.5 Å². The molecule has 0 radical (unpaired) electrons. The minimum absolute atomic E-state index is 0.0138. The summed E-state index contributed by atoms with van der Waals surface area (Å²) in [6.45, 7) is 11.4. The lowest BCUT2D eigenvalue weighted by atomic mass is 9.43. The van der Waals surface area contributed by atoms with Crippen molar-refractivity contribution in [2.75, 3.05) is 33.4 Å². The maximum Gasteiger partial charge on any atom is 0.494 e. The molecule has 2 aliphatic heterocycles. The molecule has 1 N–H and O–H groups in total. The van der Waals surface area contributed by atoms with Gasteiger partial charge in [0.1, 0.15) is 11.9 Å². The van der Waals surface area contributed by atoms with Gasteiger partial charge in [-0.3, -0.25) is 4.79 Å².